The maximum Gasteiger partial charge on any atom is 0.210 e. The summed E-state index contributed by atoms with van der Waals surface area (Å²) in [6, 6.07) is 40.1. The van der Waals surface area contributed by atoms with Gasteiger partial charge in [0.2, 0.25) is 19.7 Å². The van der Waals surface area contributed by atoms with Gasteiger partial charge in [-0.05, 0) is 111 Å². The molecule has 0 unspecified atom stereocenters. The van der Waals surface area contributed by atoms with Crippen LogP contribution in [0.3, 0.4) is 0 Å². The average molecular weight is 707 g/mol. The summed E-state index contributed by atoms with van der Waals surface area (Å²) in [5.74, 6) is 2.58. The van der Waals surface area contributed by atoms with Gasteiger partial charge in [-0.25, -0.2) is 16.8 Å². The number of hydrogen-bond acceptors (Lipinski definition) is 8. The second kappa shape index (κ2) is 14.9. The fourth-order valence-electron chi connectivity index (χ4n) is 5.00. The van der Waals surface area contributed by atoms with Gasteiger partial charge < -0.3 is 18.9 Å². The number of aryl methyl sites for hydroxylation is 2. The van der Waals surface area contributed by atoms with Gasteiger partial charge in [0, 0.05) is 0 Å². The van der Waals surface area contributed by atoms with Gasteiger partial charge in [0.15, 0.2) is 0 Å². The number of sulfone groups is 2. The van der Waals surface area contributed by atoms with Crippen molar-refractivity contribution in [3.05, 3.63) is 157 Å². The highest BCUT2D eigenvalue weighted by molar-refractivity contribution is 7.92. The van der Waals surface area contributed by atoms with Crippen LogP contribution in [0.1, 0.15) is 11.1 Å². The van der Waals surface area contributed by atoms with Crippen molar-refractivity contribution in [1.29, 1.82) is 0 Å². The third-order valence-corrected chi connectivity index (χ3v) is 11.3. The molecule has 0 aromatic heterocycles. The fraction of sp³-hybridized carbons (Fsp3) is 0.100. The zero-order chi connectivity index (χ0) is 35.1. The van der Waals surface area contributed by atoms with Gasteiger partial charge in [0.05, 0.1) is 9.79 Å². The summed E-state index contributed by atoms with van der Waals surface area (Å²) in [7, 11) is -7.89. The summed E-state index contributed by atoms with van der Waals surface area (Å²) in [5.41, 5.74) is 2.21. The van der Waals surface area contributed by atoms with Gasteiger partial charge in [-0.2, -0.15) is 0 Å². The monoisotopic (exact) mass is 706 g/mol. The molecule has 8 nitrogen and oxygen atoms in total. The Bertz CT molecular complexity index is 2120. The molecule has 0 atom stereocenters. The van der Waals surface area contributed by atoms with Crippen molar-refractivity contribution in [3.63, 3.8) is 0 Å². The Morgan fingerprint density at radius 1 is 0.400 bits per heavy atom. The first kappa shape index (κ1) is 34.3. The first-order chi connectivity index (χ1) is 24.1. The highest BCUT2D eigenvalue weighted by Gasteiger charge is 2.24. The van der Waals surface area contributed by atoms with E-state index < -0.39 is 19.7 Å². The molecule has 0 N–H and O–H groups in total. The summed E-state index contributed by atoms with van der Waals surface area (Å²) in [6.07, 6.45) is 0. The Balaban J connectivity index is 1.10. The number of ether oxygens (including phenoxy) is 4. The van der Waals surface area contributed by atoms with E-state index in [4.69, 9.17) is 18.9 Å². The molecule has 0 heterocycles. The van der Waals surface area contributed by atoms with E-state index in [2.05, 4.69) is 0 Å². The molecule has 0 saturated heterocycles. The maximum absolute atomic E-state index is 13.6. The Morgan fingerprint density at radius 2 is 0.700 bits per heavy atom. The lowest BCUT2D eigenvalue weighted by Crippen LogP contribution is -2.13. The standard InChI is InChI=1S/C40H34O8S2/c1-29-11-15-31(16-12-29)47-33-19-23-35(24-20-33)49(41,42)39-9-5-3-7-37(39)45-27-28-46-38-8-4-6-10-40(38)50(43,44)36-25-21-34(22-26-36)48-32-17-13-30(2)14-18-32/h3-26H,27-28H2,1-2H3. The van der Waals surface area contributed by atoms with Gasteiger partial charge >= 0.3 is 0 Å². The van der Waals surface area contributed by atoms with Crippen LogP contribution in [0, 0.1) is 13.8 Å². The molecule has 0 saturated carbocycles. The molecule has 0 aliphatic carbocycles. The summed E-state index contributed by atoms with van der Waals surface area (Å²) in [4.78, 5) is 0.139. The van der Waals surface area contributed by atoms with Crippen molar-refractivity contribution >= 4 is 19.7 Å². The van der Waals surface area contributed by atoms with Crippen LogP contribution >= 0.6 is 0 Å². The van der Waals surface area contributed by atoms with Crippen LogP contribution in [0.5, 0.6) is 34.5 Å². The minimum absolute atomic E-state index is 0.00927. The largest absolute Gasteiger partial charge is 0.489 e. The predicted octanol–water partition coefficient (Wildman–Crippen LogP) is 9.01. The normalized spacial score (nSPS) is 11.5. The number of rotatable bonds is 13. The van der Waals surface area contributed by atoms with Gasteiger partial charge in [0.25, 0.3) is 0 Å². The smallest absolute Gasteiger partial charge is 0.210 e. The number of benzene rings is 6. The van der Waals surface area contributed by atoms with Crippen LogP contribution < -0.4 is 18.9 Å². The third-order valence-electron chi connectivity index (χ3n) is 7.66. The van der Waals surface area contributed by atoms with Crippen LogP contribution in [0.4, 0.5) is 0 Å². The van der Waals surface area contributed by atoms with E-state index in [-0.39, 0.29) is 44.3 Å². The van der Waals surface area contributed by atoms with E-state index in [1.165, 1.54) is 36.4 Å². The second-order valence-electron chi connectivity index (χ2n) is 11.4. The molecule has 0 amide bonds. The van der Waals surface area contributed by atoms with Gasteiger partial charge in [-0.3, -0.25) is 0 Å². The van der Waals surface area contributed by atoms with E-state index in [0.717, 1.165) is 11.1 Å². The zero-order valence-corrected chi connectivity index (χ0v) is 29.0. The van der Waals surface area contributed by atoms with Crippen LogP contribution in [0.15, 0.2) is 165 Å². The highest BCUT2D eigenvalue weighted by Crippen LogP contribution is 2.33. The first-order valence-electron chi connectivity index (χ1n) is 15.7. The molecule has 0 aliphatic rings. The first-order valence-corrected chi connectivity index (χ1v) is 18.7. The van der Waals surface area contributed by atoms with E-state index in [1.54, 1.807) is 60.7 Å². The SMILES string of the molecule is Cc1ccc(Oc2ccc(S(=O)(=O)c3ccccc3OCCOc3ccccc3S(=O)(=O)c3ccc(Oc4ccc(C)cc4)cc3)cc2)cc1. The van der Waals surface area contributed by atoms with Crippen molar-refractivity contribution in [2.24, 2.45) is 0 Å². The Kier molecular flexibility index (Phi) is 10.2. The Hall–Kier alpha value is -5.58. The molecule has 10 heteroatoms. The quantitative estimate of drug-likeness (QED) is 0.110. The topological polar surface area (TPSA) is 105 Å². The summed E-state index contributed by atoms with van der Waals surface area (Å²) < 4.78 is 77.8. The molecule has 6 rings (SSSR count). The zero-order valence-electron chi connectivity index (χ0n) is 27.4. The number of hydrogen-bond donors (Lipinski definition) is 0. The van der Waals surface area contributed by atoms with E-state index in [9.17, 15) is 16.8 Å². The lowest BCUT2D eigenvalue weighted by atomic mass is 10.2. The molecular formula is C40H34O8S2. The van der Waals surface area contributed by atoms with Gasteiger partial charge in [-0.15, -0.1) is 0 Å². The van der Waals surface area contributed by atoms with Crippen molar-refractivity contribution in [2.75, 3.05) is 13.2 Å². The molecule has 0 aliphatic heterocycles. The minimum Gasteiger partial charge on any atom is -0.489 e. The number of para-hydroxylation sites is 2. The van der Waals surface area contributed by atoms with Gasteiger partial charge in [0.1, 0.15) is 57.5 Å². The highest BCUT2D eigenvalue weighted by atomic mass is 32.2. The van der Waals surface area contributed by atoms with E-state index in [0.29, 0.717) is 23.0 Å². The van der Waals surface area contributed by atoms with Crippen molar-refractivity contribution in [3.8, 4) is 34.5 Å². The molecule has 50 heavy (non-hydrogen) atoms. The molecule has 0 radical (unpaired) electrons. The molecule has 0 fully saturated rings. The lowest BCUT2D eigenvalue weighted by molar-refractivity contribution is 0.210. The molecule has 0 spiro atoms. The van der Waals surface area contributed by atoms with Crippen LogP contribution in [-0.4, -0.2) is 30.0 Å². The van der Waals surface area contributed by atoms with Crippen molar-refractivity contribution in [2.45, 2.75) is 33.4 Å². The van der Waals surface area contributed by atoms with E-state index >= 15 is 0 Å². The molecule has 0 bridgehead atoms. The van der Waals surface area contributed by atoms with Crippen LogP contribution in [0.25, 0.3) is 0 Å². The maximum atomic E-state index is 13.6. The molecule has 254 valence electrons. The lowest BCUT2D eigenvalue weighted by Gasteiger charge is -2.15. The third kappa shape index (κ3) is 7.99. The summed E-state index contributed by atoms with van der Waals surface area (Å²) in [5, 5.41) is 0. The summed E-state index contributed by atoms with van der Waals surface area (Å²) in [6.45, 7) is 3.87. The van der Waals surface area contributed by atoms with Crippen molar-refractivity contribution in [1.82, 2.24) is 0 Å². The average Bonchev–Trinajstić information content (AvgIpc) is 3.13. The minimum atomic E-state index is -3.94. The predicted molar refractivity (Wildman–Crippen MR) is 190 cm³/mol. The van der Waals surface area contributed by atoms with Gasteiger partial charge in [-0.1, -0.05) is 59.7 Å². The molecule has 6 aromatic carbocycles. The van der Waals surface area contributed by atoms with E-state index in [1.807, 2.05) is 62.4 Å². The van der Waals surface area contributed by atoms with Crippen LogP contribution in [-0.2, 0) is 19.7 Å². The molecular weight excluding hydrogens is 673 g/mol. The molecule has 6 aromatic rings. The second-order valence-corrected chi connectivity index (χ2v) is 15.2. The van der Waals surface area contributed by atoms with Crippen LogP contribution in [0.2, 0.25) is 0 Å². The summed E-state index contributed by atoms with van der Waals surface area (Å²) >= 11 is 0. The Morgan fingerprint density at radius 3 is 1.04 bits per heavy atom. The van der Waals surface area contributed by atoms with Crippen molar-refractivity contribution < 1.29 is 35.8 Å². The Labute approximate surface area is 292 Å². The fourth-order valence-corrected chi connectivity index (χ4v) is 7.79.